The molecule has 3 heterocycles. The highest BCUT2D eigenvalue weighted by molar-refractivity contribution is 6.04. The van der Waals surface area contributed by atoms with Crippen molar-refractivity contribution in [2.24, 2.45) is 7.05 Å². The van der Waals surface area contributed by atoms with Gasteiger partial charge < -0.3 is 4.42 Å². The lowest BCUT2D eigenvalue weighted by atomic mass is 10.0. The molecule has 4 aromatic rings. The lowest BCUT2D eigenvalue weighted by molar-refractivity contribution is -0.660. The molecule has 4 rings (SSSR count). The molecule has 0 aliphatic rings. The maximum atomic E-state index is 7.56. The predicted octanol–water partition coefficient (Wildman–Crippen LogP) is 4.09. The van der Waals surface area contributed by atoms with E-state index in [9.17, 15) is 0 Å². The van der Waals surface area contributed by atoms with Crippen molar-refractivity contribution in [3.05, 3.63) is 59.9 Å². The summed E-state index contributed by atoms with van der Waals surface area (Å²) in [5, 5.41) is 0.834. The van der Waals surface area contributed by atoms with E-state index in [1.54, 1.807) is 6.07 Å². The average Bonchev–Trinajstić information content (AvgIpc) is 2.91. The zero-order valence-electron chi connectivity index (χ0n) is 15.4. The molecule has 0 bridgehead atoms. The second kappa shape index (κ2) is 4.67. The smallest absolute Gasteiger partial charge is 0.212 e. The normalized spacial score (nSPS) is 14.0. The summed E-state index contributed by atoms with van der Waals surface area (Å²) in [7, 11) is 2.00. The Balaban J connectivity index is 1.99. The number of hydrogen-bond donors (Lipinski definition) is 0. The molecule has 0 aliphatic heterocycles. The molecule has 0 amide bonds. The van der Waals surface area contributed by atoms with Gasteiger partial charge in [-0.3, -0.25) is 0 Å². The Labute approximate surface area is 133 Å². The van der Waals surface area contributed by atoms with Gasteiger partial charge in [0.05, 0.1) is 5.56 Å². The molecule has 0 fully saturated rings. The number of nitrogens with zero attached hydrogens (tertiary/aromatic N) is 2. The summed E-state index contributed by atoms with van der Waals surface area (Å²) >= 11 is 0. The predicted molar refractivity (Wildman–Crippen MR) is 87.6 cm³/mol. The highest BCUT2D eigenvalue weighted by Crippen LogP contribution is 2.32. The zero-order valence-corrected chi connectivity index (χ0v) is 12.4. The molecule has 3 aromatic heterocycles. The fourth-order valence-corrected chi connectivity index (χ4v) is 2.88. The topological polar surface area (TPSA) is 29.9 Å². The molecule has 0 saturated carbocycles. The molecule has 22 heavy (non-hydrogen) atoms. The van der Waals surface area contributed by atoms with Gasteiger partial charge in [0, 0.05) is 27.3 Å². The standard InChI is InChI=1S/C19H17N2O/c1-12-10-15-18(22-17-8-7-13(2)20-19(15)17)11-14(12)16-6-4-5-9-21(16)3/h4-11H,1-3H3/q+1/i2D3. The van der Waals surface area contributed by atoms with Crippen LogP contribution in [0, 0.1) is 13.8 Å². The van der Waals surface area contributed by atoms with Crippen LogP contribution in [0.4, 0.5) is 0 Å². The van der Waals surface area contributed by atoms with Crippen LogP contribution in [-0.2, 0) is 7.05 Å². The largest absolute Gasteiger partial charge is 0.454 e. The van der Waals surface area contributed by atoms with Crippen molar-refractivity contribution < 1.29 is 13.1 Å². The molecule has 0 radical (unpaired) electrons. The Bertz CT molecular complexity index is 1110. The molecule has 0 spiro atoms. The third-order valence-corrected chi connectivity index (χ3v) is 3.99. The van der Waals surface area contributed by atoms with Crippen LogP contribution in [-0.4, -0.2) is 4.98 Å². The summed E-state index contributed by atoms with van der Waals surface area (Å²) in [6, 6.07) is 13.2. The van der Waals surface area contributed by atoms with Gasteiger partial charge in [0.25, 0.3) is 0 Å². The monoisotopic (exact) mass is 292 g/mol. The first-order valence-electron chi connectivity index (χ1n) is 8.64. The van der Waals surface area contributed by atoms with E-state index >= 15 is 0 Å². The third kappa shape index (κ3) is 1.90. The van der Waals surface area contributed by atoms with Crippen molar-refractivity contribution in [2.45, 2.75) is 13.8 Å². The van der Waals surface area contributed by atoms with E-state index in [1.165, 1.54) is 6.07 Å². The van der Waals surface area contributed by atoms with E-state index in [1.807, 2.05) is 44.4 Å². The molecule has 0 atom stereocenters. The summed E-state index contributed by atoms with van der Waals surface area (Å²) in [5.74, 6) is 0. The van der Waals surface area contributed by atoms with Crippen LogP contribution >= 0.6 is 0 Å². The van der Waals surface area contributed by atoms with Crippen LogP contribution < -0.4 is 4.57 Å². The van der Waals surface area contributed by atoms with Crippen LogP contribution in [0.15, 0.2) is 53.1 Å². The average molecular weight is 292 g/mol. The summed E-state index contributed by atoms with van der Waals surface area (Å²) in [6.45, 7) is -0.196. The number of pyridine rings is 2. The van der Waals surface area contributed by atoms with Crippen LogP contribution in [0.5, 0.6) is 0 Å². The van der Waals surface area contributed by atoms with Crippen molar-refractivity contribution in [3.8, 4) is 11.3 Å². The minimum absolute atomic E-state index is 0.0823. The first kappa shape index (κ1) is 10.1. The molecule has 0 N–H and O–H groups in total. The van der Waals surface area contributed by atoms with E-state index < -0.39 is 6.85 Å². The Morgan fingerprint density at radius 1 is 1.14 bits per heavy atom. The number of fused-ring (bicyclic) bond motifs is 3. The van der Waals surface area contributed by atoms with E-state index in [0.717, 1.165) is 22.2 Å². The first-order valence-corrected chi connectivity index (χ1v) is 7.14. The quantitative estimate of drug-likeness (QED) is 0.495. The van der Waals surface area contributed by atoms with Crippen molar-refractivity contribution in [1.82, 2.24) is 4.98 Å². The van der Waals surface area contributed by atoms with Gasteiger partial charge in [-0.25, -0.2) is 9.55 Å². The minimum atomic E-state index is -2.23. The Kier molecular flexibility index (Phi) is 2.15. The SMILES string of the molecule is [2H]C([2H])([2H])c1ccc2oc3cc(-c4cccc[n+]4C)c(C)cc3c2n1. The summed E-state index contributed by atoms with van der Waals surface area (Å²) in [5.41, 5.74) is 5.21. The maximum absolute atomic E-state index is 7.56. The Hall–Kier alpha value is -2.68. The van der Waals surface area contributed by atoms with Crippen LogP contribution in [0.2, 0.25) is 0 Å². The fourth-order valence-electron chi connectivity index (χ4n) is 2.88. The van der Waals surface area contributed by atoms with Crippen molar-refractivity contribution >= 4 is 22.1 Å². The van der Waals surface area contributed by atoms with Gasteiger partial charge in [-0.2, -0.15) is 0 Å². The van der Waals surface area contributed by atoms with E-state index in [2.05, 4.69) is 15.6 Å². The van der Waals surface area contributed by atoms with Gasteiger partial charge in [-0.05, 0) is 49.7 Å². The van der Waals surface area contributed by atoms with Crippen molar-refractivity contribution in [1.29, 1.82) is 0 Å². The second-order valence-electron chi connectivity index (χ2n) is 5.51. The van der Waals surface area contributed by atoms with Gasteiger partial charge >= 0.3 is 0 Å². The zero-order chi connectivity index (χ0) is 17.8. The summed E-state index contributed by atoms with van der Waals surface area (Å²) in [6.07, 6.45) is 2.00. The molecule has 1 aromatic carbocycles. The summed E-state index contributed by atoms with van der Waals surface area (Å²) in [4.78, 5) is 4.33. The molecule has 3 nitrogen and oxygen atoms in total. The maximum Gasteiger partial charge on any atom is 0.212 e. The van der Waals surface area contributed by atoms with Gasteiger partial charge in [-0.1, -0.05) is 0 Å². The van der Waals surface area contributed by atoms with Crippen LogP contribution in [0.1, 0.15) is 15.4 Å². The third-order valence-electron chi connectivity index (χ3n) is 3.99. The number of rotatable bonds is 1. The van der Waals surface area contributed by atoms with Gasteiger partial charge in [0.2, 0.25) is 5.69 Å². The highest BCUT2D eigenvalue weighted by Gasteiger charge is 2.16. The molecule has 0 unspecified atom stereocenters. The molecule has 0 aliphatic carbocycles. The highest BCUT2D eigenvalue weighted by atomic mass is 16.3. The van der Waals surface area contributed by atoms with Crippen LogP contribution in [0.3, 0.4) is 0 Å². The van der Waals surface area contributed by atoms with Gasteiger partial charge in [0.15, 0.2) is 11.8 Å². The number of aromatic nitrogens is 2. The number of benzene rings is 1. The molecular weight excluding hydrogens is 272 g/mol. The first-order chi connectivity index (χ1) is 11.8. The molecule has 3 heteroatoms. The van der Waals surface area contributed by atoms with E-state index in [-0.39, 0.29) is 5.69 Å². The fraction of sp³-hybridized carbons (Fsp3) is 0.158. The van der Waals surface area contributed by atoms with E-state index in [4.69, 9.17) is 8.53 Å². The number of aryl methyl sites for hydroxylation is 3. The van der Waals surface area contributed by atoms with E-state index in [0.29, 0.717) is 16.7 Å². The van der Waals surface area contributed by atoms with Crippen molar-refractivity contribution in [2.75, 3.05) is 0 Å². The summed E-state index contributed by atoms with van der Waals surface area (Å²) < 4.78 is 30.7. The molecule has 0 saturated heterocycles. The minimum Gasteiger partial charge on any atom is -0.454 e. The van der Waals surface area contributed by atoms with Crippen LogP contribution in [0.25, 0.3) is 33.3 Å². The lowest BCUT2D eigenvalue weighted by Gasteiger charge is -2.04. The van der Waals surface area contributed by atoms with Gasteiger partial charge in [-0.15, -0.1) is 0 Å². The molecule has 108 valence electrons. The Morgan fingerprint density at radius 3 is 2.86 bits per heavy atom. The number of hydrogen-bond acceptors (Lipinski definition) is 2. The second-order valence-corrected chi connectivity index (χ2v) is 5.51. The number of furan rings is 1. The molecular formula is C19H17N2O+. The van der Waals surface area contributed by atoms with Gasteiger partial charge in [0.1, 0.15) is 18.1 Å². The Morgan fingerprint density at radius 2 is 2.05 bits per heavy atom. The lowest BCUT2D eigenvalue weighted by Crippen LogP contribution is -2.30. The van der Waals surface area contributed by atoms with Crippen molar-refractivity contribution in [3.63, 3.8) is 0 Å².